The van der Waals surface area contributed by atoms with Crippen LogP contribution in [0.3, 0.4) is 0 Å². The summed E-state index contributed by atoms with van der Waals surface area (Å²) in [6.07, 6.45) is 0.735. The van der Waals surface area contributed by atoms with Gasteiger partial charge in [0.05, 0.1) is 5.01 Å². The van der Waals surface area contributed by atoms with Crippen molar-refractivity contribution >= 4 is 17.2 Å². The summed E-state index contributed by atoms with van der Waals surface area (Å²) in [5.41, 5.74) is 5.99. The summed E-state index contributed by atoms with van der Waals surface area (Å²) >= 11 is 1.50. The zero-order valence-corrected chi connectivity index (χ0v) is 13.1. The molecule has 108 valence electrons. The maximum atomic E-state index is 12.0. The molecule has 0 bridgehead atoms. The topological polar surface area (TPSA) is 68.0 Å². The first-order valence-electron chi connectivity index (χ1n) is 6.88. The van der Waals surface area contributed by atoms with E-state index in [-0.39, 0.29) is 5.91 Å². The minimum atomic E-state index is -0.0779. The first-order valence-corrected chi connectivity index (χ1v) is 7.76. The molecule has 0 aliphatic carbocycles. The van der Waals surface area contributed by atoms with E-state index in [1.807, 2.05) is 0 Å². The molecule has 0 radical (unpaired) electrons. The molecule has 1 aromatic rings. The number of hydrogen-bond acceptors (Lipinski definition) is 4. The first-order chi connectivity index (χ1) is 8.95. The van der Waals surface area contributed by atoms with Gasteiger partial charge in [0.1, 0.15) is 5.69 Å². The van der Waals surface area contributed by atoms with Crippen LogP contribution in [0.1, 0.15) is 43.2 Å². The molecule has 19 heavy (non-hydrogen) atoms. The Labute approximate surface area is 119 Å². The van der Waals surface area contributed by atoms with Gasteiger partial charge in [-0.05, 0) is 24.3 Å². The van der Waals surface area contributed by atoms with Crippen molar-refractivity contribution in [2.24, 2.45) is 23.5 Å². The SMILES string of the molecule is CC(C)C(CNC(=O)c1csc(CCN)n1)C(C)C. The lowest BCUT2D eigenvalue weighted by Gasteiger charge is -2.24. The van der Waals surface area contributed by atoms with Crippen molar-refractivity contribution in [1.29, 1.82) is 0 Å². The monoisotopic (exact) mass is 283 g/mol. The number of aromatic nitrogens is 1. The van der Waals surface area contributed by atoms with Crippen LogP contribution in [0.15, 0.2) is 5.38 Å². The molecule has 1 rings (SSSR count). The van der Waals surface area contributed by atoms with Crippen molar-refractivity contribution < 1.29 is 4.79 Å². The molecule has 0 aromatic carbocycles. The highest BCUT2D eigenvalue weighted by Crippen LogP contribution is 2.19. The van der Waals surface area contributed by atoms with Crippen LogP contribution in [-0.4, -0.2) is 24.0 Å². The molecule has 1 heterocycles. The van der Waals surface area contributed by atoms with Gasteiger partial charge in [-0.1, -0.05) is 27.7 Å². The van der Waals surface area contributed by atoms with Gasteiger partial charge >= 0.3 is 0 Å². The fourth-order valence-electron chi connectivity index (χ4n) is 2.20. The fraction of sp³-hybridized carbons (Fsp3) is 0.714. The van der Waals surface area contributed by atoms with Crippen LogP contribution in [0.4, 0.5) is 0 Å². The van der Waals surface area contributed by atoms with E-state index >= 15 is 0 Å². The third-order valence-electron chi connectivity index (χ3n) is 3.35. The number of carbonyl (C=O) groups is 1. The van der Waals surface area contributed by atoms with Gasteiger partial charge in [-0.15, -0.1) is 11.3 Å². The minimum absolute atomic E-state index is 0.0779. The van der Waals surface area contributed by atoms with E-state index in [9.17, 15) is 4.79 Å². The molecule has 0 aliphatic rings. The normalized spacial score (nSPS) is 11.6. The number of thiazole rings is 1. The molecular weight excluding hydrogens is 258 g/mol. The molecule has 0 atom stereocenters. The van der Waals surface area contributed by atoms with E-state index in [2.05, 4.69) is 38.0 Å². The number of carbonyl (C=O) groups excluding carboxylic acids is 1. The van der Waals surface area contributed by atoms with Crippen molar-refractivity contribution in [2.75, 3.05) is 13.1 Å². The summed E-state index contributed by atoms with van der Waals surface area (Å²) in [5, 5.41) is 5.72. The zero-order chi connectivity index (χ0) is 14.4. The highest BCUT2D eigenvalue weighted by molar-refractivity contribution is 7.09. The summed E-state index contributed by atoms with van der Waals surface area (Å²) in [4.78, 5) is 16.3. The molecule has 4 nitrogen and oxygen atoms in total. The summed E-state index contributed by atoms with van der Waals surface area (Å²) in [5.74, 6) is 1.53. The van der Waals surface area contributed by atoms with Crippen LogP contribution in [0, 0.1) is 17.8 Å². The molecule has 1 aromatic heterocycles. The smallest absolute Gasteiger partial charge is 0.270 e. The van der Waals surface area contributed by atoms with E-state index < -0.39 is 0 Å². The standard InChI is InChI=1S/C14H25N3OS/c1-9(2)11(10(3)4)7-16-14(18)12-8-19-13(17-12)5-6-15/h8-11H,5-7,15H2,1-4H3,(H,16,18). The van der Waals surface area contributed by atoms with Gasteiger partial charge in [0.15, 0.2) is 0 Å². The summed E-state index contributed by atoms with van der Waals surface area (Å²) in [6.45, 7) is 10.0. The number of nitrogens with zero attached hydrogens (tertiary/aromatic N) is 1. The summed E-state index contributed by atoms with van der Waals surface area (Å²) in [6, 6.07) is 0. The molecule has 0 unspecified atom stereocenters. The molecule has 3 N–H and O–H groups in total. The minimum Gasteiger partial charge on any atom is -0.350 e. The molecule has 0 aliphatic heterocycles. The zero-order valence-electron chi connectivity index (χ0n) is 12.3. The number of amides is 1. The van der Waals surface area contributed by atoms with Crippen LogP contribution in [0.2, 0.25) is 0 Å². The van der Waals surface area contributed by atoms with Crippen molar-refractivity contribution in [3.05, 3.63) is 16.1 Å². The van der Waals surface area contributed by atoms with Gasteiger partial charge in [0, 0.05) is 18.3 Å². The predicted molar refractivity (Wildman–Crippen MR) is 80.4 cm³/mol. The van der Waals surface area contributed by atoms with Crippen LogP contribution in [0.5, 0.6) is 0 Å². The Morgan fingerprint density at radius 2 is 2.00 bits per heavy atom. The Balaban J connectivity index is 2.54. The van der Waals surface area contributed by atoms with Crippen LogP contribution in [0.25, 0.3) is 0 Å². The van der Waals surface area contributed by atoms with Gasteiger partial charge in [0.2, 0.25) is 0 Å². The van der Waals surface area contributed by atoms with Crippen LogP contribution >= 0.6 is 11.3 Å². The lowest BCUT2D eigenvalue weighted by molar-refractivity contribution is 0.0932. The molecule has 0 saturated carbocycles. The molecule has 1 amide bonds. The predicted octanol–water partition coefficient (Wildman–Crippen LogP) is 2.30. The largest absolute Gasteiger partial charge is 0.350 e. The van der Waals surface area contributed by atoms with Gasteiger partial charge in [-0.2, -0.15) is 0 Å². The Kier molecular flexibility index (Phi) is 6.45. The number of nitrogens with two attached hydrogens (primary N) is 1. The molecular formula is C14H25N3OS. The second kappa shape index (κ2) is 7.60. The second-order valence-corrected chi connectivity index (χ2v) is 6.47. The highest BCUT2D eigenvalue weighted by atomic mass is 32.1. The Bertz CT molecular complexity index is 393. The Morgan fingerprint density at radius 1 is 1.37 bits per heavy atom. The summed E-state index contributed by atoms with van der Waals surface area (Å²) in [7, 11) is 0. The first kappa shape index (κ1) is 16.1. The summed E-state index contributed by atoms with van der Waals surface area (Å²) < 4.78 is 0. The lowest BCUT2D eigenvalue weighted by Crippen LogP contribution is -2.34. The van der Waals surface area contributed by atoms with Gasteiger partial charge in [-0.3, -0.25) is 4.79 Å². The Hall–Kier alpha value is -0.940. The molecule has 0 saturated heterocycles. The third-order valence-corrected chi connectivity index (χ3v) is 4.26. The maximum absolute atomic E-state index is 12.0. The number of nitrogens with one attached hydrogen (secondary N) is 1. The van der Waals surface area contributed by atoms with Crippen molar-refractivity contribution in [1.82, 2.24) is 10.3 Å². The molecule has 5 heteroatoms. The fourth-order valence-corrected chi connectivity index (χ4v) is 2.99. The molecule has 0 spiro atoms. The van der Waals surface area contributed by atoms with Crippen molar-refractivity contribution in [2.45, 2.75) is 34.1 Å². The number of rotatable bonds is 7. The maximum Gasteiger partial charge on any atom is 0.270 e. The van der Waals surface area contributed by atoms with Gasteiger partial charge in [-0.25, -0.2) is 4.98 Å². The average molecular weight is 283 g/mol. The van der Waals surface area contributed by atoms with Gasteiger partial charge in [0.25, 0.3) is 5.91 Å². The lowest BCUT2D eigenvalue weighted by atomic mass is 9.85. The van der Waals surface area contributed by atoms with Crippen LogP contribution in [-0.2, 0) is 6.42 Å². The van der Waals surface area contributed by atoms with Crippen molar-refractivity contribution in [3.63, 3.8) is 0 Å². The van der Waals surface area contributed by atoms with E-state index in [1.165, 1.54) is 11.3 Å². The third kappa shape index (κ3) is 4.91. The Morgan fingerprint density at radius 3 is 2.53 bits per heavy atom. The van der Waals surface area contributed by atoms with Crippen molar-refractivity contribution in [3.8, 4) is 0 Å². The van der Waals surface area contributed by atoms with E-state index in [0.29, 0.717) is 36.5 Å². The average Bonchev–Trinajstić information content (AvgIpc) is 2.77. The van der Waals surface area contributed by atoms with E-state index in [1.54, 1.807) is 5.38 Å². The van der Waals surface area contributed by atoms with E-state index in [0.717, 1.165) is 11.4 Å². The van der Waals surface area contributed by atoms with E-state index in [4.69, 9.17) is 5.73 Å². The number of hydrogen-bond donors (Lipinski definition) is 2. The van der Waals surface area contributed by atoms with Crippen LogP contribution < -0.4 is 11.1 Å². The quantitative estimate of drug-likeness (QED) is 0.807. The molecule has 0 fully saturated rings. The highest BCUT2D eigenvalue weighted by Gasteiger charge is 2.19. The van der Waals surface area contributed by atoms with Gasteiger partial charge < -0.3 is 11.1 Å². The second-order valence-electron chi connectivity index (χ2n) is 5.53.